The van der Waals surface area contributed by atoms with Crippen molar-refractivity contribution in [3.8, 4) is 0 Å². The second-order valence-corrected chi connectivity index (χ2v) is 4.46. The summed E-state index contributed by atoms with van der Waals surface area (Å²) in [5.41, 5.74) is 0.464. The number of hydrogen-bond acceptors (Lipinski definition) is 2. The van der Waals surface area contributed by atoms with Crippen molar-refractivity contribution in [3.63, 3.8) is 0 Å². The molecule has 0 N–H and O–H groups in total. The van der Waals surface area contributed by atoms with Crippen LogP contribution in [-0.4, -0.2) is 24.4 Å². The Morgan fingerprint density at radius 3 is 2.92 bits per heavy atom. The van der Waals surface area contributed by atoms with Gasteiger partial charge in [0.1, 0.15) is 11.2 Å². The topological polar surface area (TPSA) is 21.8 Å². The van der Waals surface area contributed by atoms with Crippen LogP contribution in [0.2, 0.25) is 0 Å². The summed E-state index contributed by atoms with van der Waals surface area (Å²) in [6.45, 7) is 0. The second-order valence-electron chi connectivity index (χ2n) is 4.46. The monoisotopic (exact) mass is 168 g/mol. The minimum atomic E-state index is 0.181. The van der Waals surface area contributed by atoms with E-state index in [9.17, 15) is 0 Å². The van der Waals surface area contributed by atoms with Crippen molar-refractivity contribution in [2.75, 3.05) is 7.11 Å². The molecule has 0 bridgehead atoms. The lowest BCUT2D eigenvalue weighted by molar-refractivity contribution is 0.0201. The van der Waals surface area contributed by atoms with E-state index < -0.39 is 0 Å². The summed E-state index contributed by atoms with van der Waals surface area (Å²) in [6, 6.07) is 0. The van der Waals surface area contributed by atoms with Crippen molar-refractivity contribution in [1.82, 2.24) is 0 Å². The van der Waals surface area contributed by atoms with Crippen LogP contribution in [0, 0.1) is 0 Å². The molecule has 0 amide bonds. The number of epoxide rings is 1. The minimum absolute atomic E-state index is 0.181. The van der Waals surface area contributed by atoms with Gasteiger partial charge < -0.3 is 9.47 Å². The molecule has 12 heavy (non-hydrogen) atoms. The van der Waals surface area contributed by atoms with Gasteiger partial charge in [0.15, 0.2) is 0 Å². The third-order valence-corrected chi connectivity index (χ3v) is 4.10. The summed E-state index contributed by atoms with van der Waals surface area (Å²) < 4.78 is 11.5. The van der Waals surface area contributed by atoms with Gasteiger partial charge in [-0.2, -0.15) is 0 Å². The lowest BCUT2D eigenvalue weighted by Crippen LogP contribution is -2.34. The van der Waals surface area contributed by atoms with Gasteiger partial charge in [0.25, 0.3) is 0 Å². The zero-order valence-corrected chi connectivity index (χ0v) is 7.64. The van der Waals surface area contributed by atoms with Gasteiger partial charge in [-0.05, 0) is 25.7 Å². The first-order valence-electron chi connectivity index (χ1n) is 5.06. The van der Waals surface area contributed by atoms with Gasteiger partial charge in [0, 0.05) is 7.11 Å². The van der Waals surface area contributed by atoms with Crippen molar-refractivity contribution in [2.24, 2.45) is 0 Å². The molecule has 1 heterocycles. The normalized spacial score (nSPS) is 56.2. The van der Waals surface area contributed by atoms with Crippen molar-refractivity contribution in [2.45, 2.75) is 55.8 Å². The molecular formula is C10H16O2. The number of hydrogen-bond donors (Lipinski definition) is 0. The van der Waals surface area contributed by atoms with Crippen LogP contribution in [0.5, 0.6) is 0 Å². The predicted octanol–water partition coefficient (Wildman–Crippen LogP) is 1.88. The van der Waals surface area contributed by atoms with Gasteiger partial charge in [0.05, 0.1) is 6.10 Å². The van der Waals surface area contributed by atoms with Crippen LogP contribution in [0.25, 0.3) is 0 Å². The lowest BCUT2D eigenvalue weighted by atomic mass is 9.81. The summed E-state index contributed by atoms with van der Waals surface area (Å²) in [5.74, 6) is 0. The molecule has 2 heteroatoms. The zero-order valence-electron chi connectivity index (χ0n) is 7.64. The highest BCUT2D eigenvalue weighted by Gasteiger charge is 2.76. The summed E-state index contributed by atoms with van der Waals surface area (Å²) in [5, 5.41) is 0. The maximum atomic E-state index is 5.97. The first-order chi connectivity index (χ1) is 5.83. The zero-order chi connectivity index (χ0) is 8.23. The maximum Gasteiger partial charge on any atom is 0.124 e. The third-order valence-electron chi connectivity index (χ3n) is 4.10. The fourth-order valence-corrected chi connectivity index (χ4v) is 3.48. The van der Waals surface area contributed by atoms with E-state index >= 15 is 0 Å². The Morgan fingerprint density at radius 2 is 2.08 bits per heavy atom. The van der Waals surface area contributed by atoms with Gasteiger partial charge in [0.2, 0.25) is 0 Å². The van der Waals surface area contributed by atoms with Crippen molar-refractivity contribution in [3.05, 3.63) is 0 Å². The molecule has 3 atom stereocenters. The predicted molar refractivity (Wildman–Crippen MR) is 45.0 cm³/mol. The van der Waals surface area contributed by atoms with Gasteiger partial charge in [-0.15, -0.1) is 0 Å². The third kappa shape index (κ3) is 0.612. The molecule has 2 aliphatic carbocycles. The van der Waals surface area contributed by atoms with Crippen LogP contribution in [0.4, 0.5) is 0 Å². The lowest BCUT2D eigenvalue weighted by Gasteiger charge is -2.22. The Hall–Kier alpha value is -0.0800. The molecular weight excluding hydrogens is 152 g/mol. The highest BCUT2D eigenvalue weighted by atomic mass is 16.7. The SMILES string of the molecule is CO[C@H]1CC[C@]23CCCC[C@]12O3. The molecule has 3 fully saturated rings. The minimum Gasteiger partial charge on any atom is -0.378 e. The molecule has 0 aromatic rings. The quantitative estimate of drug-likeness (QED) is 0.557. The van der Waals surface area contributed by atoms with Crippen LogP contribution >= 0.6 is 0 Å². The summed E-state index contributed by atoms with van der Waals surface area (Å²) >= 11 is 0. The molecule has 2 nitrogen and oxygen atoms in total. The number of ether oxygens (including phenoxy) is 2. The first kappa shape index (κ1) is 7.34. The van der Waals surface area contributed by atoms with E-state index in [1.165, 1.54) is 38.5 Å². The molecule has 0 aromatic heterocycles. The van der Waals surface area contributed by atoms with E-state index in [1.807, 2.05) is 7.11 Å². The number of rotatable bonds is 1. The van der Waals surface area contributed by atoms with Crippen LogP contribution in [0.3, 0.4) is 0 Å². The van der Waals surface area contributed by atoms with E-state index in [1.54, 1.807) is 0 Å². The molecule has 1 saturated heterocycles. The molecule has 0 unspecified atom stereocenters. The highest BCUT2D eigenvalue weighted by Crippen LogP contribution is 2.67. The number of methoxy groups -OCH3 is 1. The Bertz CT molecular complexity index is 212. The van der Waals surface area contributed by atoms with Crippen LogP contribution < -0.4 is 0 Å². The fourth-order valence-electron chi connectivity index (χ4n) is 3.48. The van der Waals surface area contributed by atoms with Gasteiger partial charge >= 0.3 is 0 Å². The molecule has 0 aromatic carbocycles. The Balaban J connectivity index is 1.90. The van der Waals surface area contributed by atoms with Crippen LogP contribution in [-0.2, 0) is 9.47 Å². The van der Waals surface area contributed by atoms with Crippen molar-refractivity contribution in [1.29, 1.82) is 0 Å². The largest absolute Gasteiger partial charge is 0.378 e. The average Bonchev–Trinajstić information content (AvgIpc) is 2.67. The summed E-state index contributed by atoms with van der Waals surface area (Å²) in [6.07, 6.45) is 8.08. The molecule has 2 saturated carbocycles. The van der Waals surface area contributed by atoms with E-state index in [4.69, 9.17) is 9.47 Å². The molecule has 0 radical (unpaired) electrons. The van der Waals surface area contributed by atoms with Gasteiger partial charge in [-0.25, -0.2) is 0 Å². The van der Waals surface area contributed by atoms with E-state index in [0.717, 1.165) is 0 Å². The van der Waals surface area contributed by atoms with E-state index in [0.29, 0.717) is 6.10 Å². The molecule has 1 aliphatic heterocycles. The Kier molecular flexibility index (Phi) is 1.25. The summed E-state index contributed by atoms with van der Waals surface area (Å²) in [4.78, 5) is 0. The van der Waals surface area contributed by atoms with Gasteiger partial charge in [-0.1, -0.05) is 12.8 Å². The molecule has 68 valence electrons. The standard InChI is InChI=1S/C10H16O2/c1-11-8-4-7-9-5-2-3-6-10(8,9)12-9/h8H,2-7H2,1H3/t8-,9+,10-/m0/s1. The first-order valence-corrected chi connectivity index (χ1v) is 5.06. The average molecular weight is 168 g/mol. The van der Waals surface area contributed by atoms with Gasteiger partial charge in [-0.3, -0.25) is 0 Å². The van der Waals surface area contributed by atoms with Crippen LogP contribution in [0.1, 0.15) is 38.5 Å². The smallest absolute Gasteiger partial charge is 0.124 e. The fraction of sp³-hybridized carbons (Fsp3) is 1.00. The van der Waals surface area contributed by atoms with E-state index in [-0.39, 0.29) is 11.2 Å². The Morgan fingerprint density at radius 1 is 1.25 bits per heavy atom. The second kappa shape index (κ2) is 2.05. The van der Waals surface area contributed by atoms with Crippen molar-refractivity contribution < 1.29 is 9.47 Å². The maximum absolute atomic E-state index is 5.97. The molecule has 3 rings (SSSR count). The van der Waals surface area contributed by atoms with Crippen molar-refractivity contribution >= 4 is 0 Å². The van der Waals surface area contributed by atoms with Crippen LogP contribution in [0.15, 0.2) is 0 Å². The highest BCUT2D eigenvalue weighted by molar-refractivity contribution is 5.25. The van der Waals surface area contributed by atoms with E-state index in [2.05, 4.69) is 0 Å². The Labute approximate surface area is 73.2 Å². The summed E-state index contributed by atoms with van der Waals surface area (Å²) in [7, 11) is 1.83. The molecule has 3 aliphatic rings. The molecule has 0 spiro atoms.